The molecule has 1 fully saturated rings. The molecule has 7 nitrogen and oxygen atoms in total. The summed E-state index contributed by atoms with van der Waals surface area (Å²) in [5.74, 6) is 0.459. The van der Waals surface area contributed by atoms with Gasteiger partial charge in [-0.15, -0.1) is 6.58 Å². The summed E-state index contributed by atoms with van der Waals surface area (Å²) in [5.41, 5.74) is 0.602. The molecule has 1 amide bonds. The van der Waals surface area contributed by atoms with E-state index >= 15 is 0 Å². The van der Waals surface area contributed by atoms with E-state index in [1.54, 1.807) is 12.1 Å². The van der Waals surface area contributed by atoms with Gasteiger partial charge < -0.3 is 9.88 Å². The summed E-state index contributed by atoms with van der Waals surface area (Å²) in [6, 6.07) is 5.78. The van der Waals surface area contributed by atoms with Crippen LogP contribution in [0.5, 0.6) is 0 Å². The Hall–Kier alpha value is -2.36. The lowest BCUT2D eigenvalue weighted by Crippen LogP contribution is -2.49. The second-order valence-electron chi connectivity index (χ2n) is 6.82. The topological polar surface area (TPSA) is 58.3 Å². The Morgan fingerprint density at radius 1 is 1.25 bits per heavy atom. The van der Waals surface area contributed by atoms with E-state index in [-0.39, 0.29) is 11.7 Å². The van der Waals surface area contributed by atoms with Gasteiger partial charge in [-0.3, -0.25) is 14.6 Å². The van der Waals surface area contributed by atoms with Crippen LogP contribution < -0.4 is 5.32 Å². The van der Waals surface area contributed by atoms with Gasteiger partial charge in [0.1, 0.15) is 11.6 Å². The molecule has 0 bridgehead atoms. The van der Waals surface area contributed by atoms with Crippen molar-refractivity contribution < 1.29 is 9.18 Å². The van der Waals surface area contributed by atoms with Crippen LogP contribution in [0.15, 0.2) is 36.9 Å². The lowest BCUT2D eigenvalue weighted by molar-refractivity contribution is -0.117. The molecule has 2 aromatic rings. The van der Waals surface area contributed by atoms with Gasteiger partial charge in [0, 0.05) is 38.4 Å². The van der Waals surface area contributed by atoms with E-state index in [0.29, 0.717) is 30.2 Å². The van der Waals surface area contributed by atoms with Gasteiger partial charge in [-0.1, -0.05) is 6.08 Å². The number of benzene rings is 1. The van der Waals surface area contributed by atoms with Crippen molar-refractivity contribution in [2.24, 2.45) is 0 Å². The molecular weight excluding hydrogens is 379 g/mol. The minimum absolute atomic E-state index is 0.0962. The van der Waals surface area contributed by atoms with Crippen LogP contribution in [0.1, 0.15) is 5.82 Å². The number of carbonyl (C=O) groups excluding carboxylic acids is 1. The molecule has 0 saturated carbocycles. The summed E-state index contributed by atoms with van der Waals surface area (Å²) in [5, 5.41) is 7.32. The fraction of sp³-hybridized carbons (Fsp3) is 0.421. The van der Waals surface area contributed by atoms with Crippen LogP contribution in [0.2, 0.25) is 0 Å². The van der Waals surface area contributed by atoms with E-state index < -0.39 is 0 Å². The van der Waals surface area contributed by atoms with E-state index in [4.69, 9.17) is 12.2 Å². The zero-order valence-electron chi connectivity index (χ0n) is 16.0. The summed E-state index contributed by atoms with van der Waals surface area (Å²) in [7, 11) is 0. The van der Waals surface area contributed by atoms with Gasteiger partial charge >= 0.3 is 0 Å². The predicted molar refractivity (Wildman–Crippen MR) is 109 cm³/mol. The molecule has 0 radical (unpaired) electrons. The van der Waals surface area contributed by atoms with Gasteiger partial charge in [0.05, 0.1) is 13.2 Å². The van der Waals surface area contributed by atoms with Crippen LogP contribution in [0.3, 0.4) is 0 Å². The molecule has 1 aliphatic rings. The lowest BCUT2D eigenvalue weighted by atomic mass is 10.3. The molecule has 1 N–H and O–H groups in total. The number of rotatable bonds is 7. The van der Waals surface area contributed by atoms with Gasteiger partial charge in [-0.2, -0.15) is 5.10 Å². The maximum Gasteiger partial charge on any atom is 0.238 e. The Kier molecular flexibility index (Phi) is 6.71. The van der Waals surface area contributed by atoms with Crippen LogP contribution in [-0.2, 0) is 18.0 Å². The number of aryl methyl sites for hydroxylation is 1. The molecule has 2 heterocycles. The zero-order valence-corrected chi connectivity index (χ0v) is 16.8. The van der Waals surface area contributed by atoms with Crippen LogP contribution >= 0.6 is 12.2 Å². The van der Waals surface area contributed by atoms with Crippen molar-refractivity contribution in [3.8, 4) is 0 Å². The van der Waals surface area contributed by atoms with Crippen molar-refractivity contribution in [1.82, 2.24) is 24.1 Å². The first-order valence-electron chi connectivity index (χ1n) is 9.21. The maximum atomic E-state index is 12.9. The third-order valence-corrected chi connectivity index (χ3v) is 5.14. The number of hydrogen-bond donors (Lipinski definition) is 1. The number of aromatic nitrogens is 3. The van der Waals surface area contributed by atoms with E-state index in [0.717, 1.165) is 32.0 Å². The minimum atomic E-state index is -0.321. The average molecular weight is 405 g/mol. The number of carbonyl (C=O) groups is 1. The molecule has 150 valence electrons. The molecule has 9 heteroatoms. The normalized spacial score (nSPS) is 15.5. The van der Waals surface area contributed by atoms with Gasteiger partial charge in [0.15, 0.2) is 4.77 Å². The molecule has 1 aliphatic heterocycles. The Morgan fingerprint density at radius 2 is 1.89 bits per heavy atom. The van der Waals surface area contributed by atoms with Crippen LogP contribution in [-0.4, -0.2) is 62.8 Å². The molecule has 1 saturated heterocycles. The number of nitrogens with zero attached hydrogens (tertiary/aromatic N) is 5. The second-order valence-corrected chi connectivity index (χ2v) is 7.18. The third kappa shape index (κ3) is 5.12. The highest BCUT2D eigenvalue weighted by Gasteiger charge is 2.20. The van der Waals surface area contributed by atoms with E-state index in [1.165, 1.54) is 12.1 Å². The molecule has 1 aromatic heterocycles. The number of anilines is 1. The quantitative estimate of drug-likeness (QED) is 0.567. The number of amides is 1. The summed E-state index contributed by atoms with van der Waals surface area (Å²) in [6.45, 7) is 10.5. The van der Waals surface area contributed by atoms with E-state index in [2.05, 4.69) is 26.8 Å². The summed E-state index contributed by atoms with van der Waals surface area (Å²) < 4.78 is 17.4. The van der Waals surface area contributed by atoms with Crippen molar-refractivity contribution in [2.45, 2.75) is 20.1 Å². The highest BCUT2D eigenvalue weighted by molar-refractivity contribution is 7.71. The van der Waals surface area contributed by atoms with Gasteiger partial charge in [-0.05, 0) is 43.4 Å². The van der Waals surface area contributed by atoms with Crippen molar-refractivity contribution in [3.05, 3.63) is 53.3 Å². The Balaban J connectivity index is 1.47. The number of nitrogens with one attached hydrogen (secondary N) is 1. The molecule has 0 spiro atoms. The van der Waals surface area contributed by atoms with Gasteiger partial charge in [-0.25, -0.2) is 9.07 Å². The molecule has 1 aromatic carbocycles. The summed E-state index contributed by atoms with van der Waals surface area (Å²) in [6.07, 6.45) is 1.81. The van der Waals surface area contributed by atoms with Crippen molar-refractivity contribution in [3.63, 3.8) is 0 Å². The van der Waals surface area contributed by atoms with Crippen molar-refractivity contribution in [1.29, 1.82) is 0 Å². The number of allylic oxidation sites excluding steroid dienone is 1. The fourth-order valence-electron chi connectivity index (χ4n) is 3.20. The zero-order chi connectivity index (χ0) is 20.1. The third-order valence-electron chi connectivity index (χ3n) is 4.71. The summed E-state index contributed by atoms with van der Waals surface area (Å²) >= 11 is 5.50. The first kappa shape index (κ1) is 20.4. The van der Waals surface area contributed by atoms with Crippen LogP contribution in [0.4, 0.5) is 10.1 Å². The average Bonchev–Trinajstić information content (AvgIpc) is 2.93. The Morgan fingerprint density at radius 3 is 2.54 bits per heavy atom. The molecule has 3 rings (SSSR count). The van der Waals surface area contributed by atoms with Crippen LogP contribution in [0.25, 0.3) is 0 Å². The fourth-order valence-corrected chi connectivity index (χ4v) is 3.50. The minimum Gasteiger partial charge on any atom is -0.325 e. The largest absolute Gasteiger partial charge is 0.325 e. The highest BCUT2D eigenvalue weighted by atomic mass is 32.1. The standard InChI is InChI=1S/C19H25FN6OS/c1-3-8-25-15(2)22-26(19(25)28)14-24-11-9-23(10-12-24)13-18(27)21-17-6-4-16(20)5-7-17/h3-7H,1,8-14H2,2H3,(H,21,27). The van der Waals surface area contributed by atoms with Crippen LogP contribution in [0, 0.1) is 17.5 Å². The maximum absolute atomic E-state index is 12.9. The smallest absolute Gasteiger partial charge is 0.238 e. The molecule has 0 atom stereocenters. The monoisotopic (exact) mass is 404 g/mol. The van der Waals surface area contributed by atoms with E-state index in [9.17, 15) is 9.18 Å². The molecular formula is C19H25FN6OS. The molecule has 0 aliphatic carbocycles. The van der Waals surface area contributed by atoms with Crippen molar-refractivity contribution in [2.75, 3.05) is 38.0 Å². The Bertz CT molecular complexity index is 883. The SMILES string of the molecule is C=CCn1c(C)nn(CN2CCN(CC(=O)Nc3ccc(F)cc3)CC2)c1=S. The number of piperazine rings is 1. The Labute approximate surface area is 169 Å². The first-order valence-corrected chi connectivity index (χ1v) is 9.62. The number of halogens is 1. The van der Waals surface area contributed by atoms with Crippen molar-refractivity contribution >= 4 is 23.8 Å². The number of hydrogen-bond acceptors (Lipinski definition) is 5. The summed E-state index contributed by atoms with van der Waals surface area (Å²) in [4.78, 5) is 16.6. The highest BCUT2D eigenvalue weighted by Crippen LogP contribution is 2.10. The van der Waals surface area contributed by atoms with Gasteiger partial charge in [0.2, 0.25) is 5.91 Å². The molecule has 28 heavy (non-hydrogen) atoms. The first-order chi connectivity index (χ1) is 13.5. The van der Waals surface area contributed by atoms with Gasteiger partial charge in [0.25, 0.3) is 0 Å². The second kappa shape index (κ2) is 9.22. The predicted octanol–water partition coefficient (Wildman–Crippen LogP) is 2.26. The van der Waals surface area contributed by atoms with E-state index in [1.807, 2.05) is 22.2 Å². The lowest BCUT2D eigenvalue weighted by Gasteiger charge is -2.33. The molecule has 0 unspecified atom stereocenters.